The topological polar surface area (TPSA) is 81.1 Å². The summed E-state index contributed by atoms with van der Waals surface area (Å²) in [5, 5.41) is 13.5. The van der Waals surface area contributed by atoms with Gasteiger partial charge >= 0.3 is 5.97 Å². The van der Waals surface area contributed by atoms with E-state index in [1.165, 1.54) is 0 Å². The molecule has 1 aromatic carbocycles. The zero-order chi connectivity index (χ0) is 18.3. The maximum Gasteiger partial charge on any atom is 0.354 e. The van der Waals surface area contributed by atoms with E-state index >= 15 is 0 Å². The molecule has 26 heavy (non-hydrogen) atoms. The highest BCUT2D eigenvalue weighted by Gasteiger charge is 2.15. The molecule has 0 aliphatic heterocycles. The fourth-order valence-corrected chi connectivity index (χ4v) is 3.05. The van der Waals surface area contributed by atoms with Crippen molar-refractivity contribution in [3.8, 4) is 11.1 Å². The van der Waals surface area contributed by atoms with Crippen LogP contribution in [0.15, 0.2) is 53.2 Å². The fraction of sp³-hybridized carbons (Fsp3) is 0.150. The highest BCUT2D eigenvalue weighted by atomic mass is 16.4. The maximum atomic E-state index is 11.4. The van der Waals surface area contributed by atoms with Crippen molar-refractivity contribution in [1.29, 1.82) is 0 Å². The monoisotopic (exact) mass is 347 g/mol. The van der Waals surface area contributed by atoms with Crippen LogP contribution >= 0.6 is 0 Å². The molecule has 0 saturated carbocycles. The molecule has 0 radical (unpaired) electrons. The number of hydrogen-bond acceptors (Lipinski definition) is 4. The van der Waals surface area contributed by atoms with E-state index in [9.17, 15) is 9.90 Å². The number of rotatable bonds is 4. The van der Waals surface area contributed by atoms with Crippen molar-refractivity contribution in [3.05, 3.63) is 71.4 Å². The number of benzene rings is 1. The Morgan fingerprint density at radius 3 is 2.62 bits per heavy atom. The van der Waals surface area contributed by atoms with Crippen LogP contribution in [-0.4, -0.2) is 25.8 Å². The first-order valence-electron chi connectivity index (χ1n) is 8.21. The van der Waals surface area contributed by atoms with Crippen molar-refractivity contribution in [2.24, 2.45) is 7.05 Å². The number of pyridine rings is 1. The number of nitrogens with zero attached hydrogens (tertiary/aromatic N) is 3. The Morgan fingerprint density at radius 2 is 1.96 bits per heavy atom. The molecule has 1 N–H and O–H groups in total. The second-order valence-corrected chi connectivity index (χ2v) is 6.32. The molecule has 0 amide bonds. The van der Waals surface area contributed by atoms with Crippen molar-refractivity contribution in [2.75, 3.05) is 0 Å². The number of hydrogen-bond donors (Lipinski definition) is 1. The molecule has 0 aliphatic rings. The van der Waals surface area contributed by atoms with Gasteiger partial charge in [0.25, 0.3) is 0 Å². The van der Waals surface area contributed by atoms with Gasteiger partial charge in [0.15, 0.2) is 5.58 Å². The van der Waals surface area contributed by atoms with Crippen LogP contribution in [0.5, 0.6) is 0 Å². The fourth-order valence-electron chi connectivity index (χ4n) is 3.05. The number of carboxylic acid groups (broad SMARTS) is 1. The summed E-state index contributed by atoms with van der Waals surface area (Å²) in [5.74, 6) is -0.331. The molecular weight excluding hydrogens is 330 g/mol. The molecule has 4 aromatic rings. The van der Waals surface area contributed by atoms with Crippen molar-refractivity contribution in [1.82, 2.24) is 14.8 Å². The molecule has 0 atom stereocenters. The molecule has 0 unspecified atom stereocenters. The Morgan fingerprint density at radius 1 is 1.19 bits per heavy atom. The summed E-state index contributed by atoms with van der Waals surface area (Å²) in [4.78, 5) is 15.5. The van der Waals surface area contributed by atoms with Gasteiger partial charge in [0.1, 0.15) is 17.0 Å². The molecule has 6 heteroatoms. The van der Waals surface area contributed by atoms with Crippen molar-refractivity contribution < 1.29 is 14.3 Å². The van der Waals surface area contributed by atoms with E-state index in [-0.39, 0.29) is 5.69 Å². The largest absolute Gasteiger partial charge is 0.477 e. The number of carbonyl (C=O) groups is 1. The number of fused-ring (bicyclic) bond motifs is 1. The Hall–Kier alpha value is -3.41. The zero-order valence-corrected chi connectivity index (χ0v) is 14.4. The third kappa shape index (κ3) is 2.97. The Bertz CT molecular complexity index is 1110. The molecule has 0 fully saturated rings. The van der Waals surface area contributed by atoms with Crippen LogP contribution in [0.25, 0.3) is 22.2 Å². The summed E-state index contributed by atoms with van der Waals surface area (Å²) in [6.45, 7) is 1.83. The standard InChI is InChI=1S/C20H17N3O3/c1-12-7-17-19(26-12)15(9-18(22-17)20(24)25)8-13-3-5-14(6-4-13)16-10-21-23(2)11-16/h3-7,9-11H,8H2,1-2H3,(H,24,25). The lowest BCUT2D eigenvalue weighted by molar-refractivity contribution is 0.0691. The number of carboxylic acids is 1. The first-order valence-corrected chi connectivity index (χ1v) is 8.21. The van der Waals surface area contributed by atoms with Crippen LogP contribution in [0.2, 0.25) is 0 Å². The van der Waals surface area contributed by atoms with Crippen LogP contribution in [0, 0.1) is 6.92 Å². The second kappa shape index (κ2) is 6.15. The normalized spacial score (nSPS) is 11.2. The van der Waals surface area contributed by atoms with Gasteiger partial charge in [-0.1, -0.05) is 24.3 Å². The lowest BCUT2D eigenvalue weighted by atomic mass is 10.0. The predicted molar refractivity (Wildman–Crippen MR) is 97.2 cm³/mol. The molecule has 0 saturated heterocycles. The quantitative estimate of drug-likeness (QED) is 0.607. The molecule has 6 nitrogen and oxygen atoms in total. The summed E-state index contributed by atoms with van der Waals surface area (Å²) in [5.41, 5.74) is 5.26. The molecule has 0 aliphatic carbocycles. The minimum absolute atomic E-state index is 0.0280. The van der Waals surface area contributed by atoms with Gasteiger partial charge in [-0.3, -0.25) is 4.68 Å². The van der Waals surface area contributed by atoms with Gasteiger partial charge in [0.05, 0.1) is 6.20 Å². The van der Waals surface area contributed by atoms with Gasteiger partial charge in [0, 0.05) is 36.9 Å². The summed E-state index contributed by atoms with van der Waals surface area (Å²) < 4.78 is 7.50. The molecule has 130 valence electrons. The third-order valence-electron chi connectivity index (χ3n) is 4.29. The van der Waals surface area contributed by atoms with Crippen LogP contribution in [0.1, 0.15) is 27.4 Å². The summed E-state index contributed by atoms with van der Waals surface area (Å²) in [6, 6.07) is 11.5. The van der Waals surface area contributed by atoms with E-state index in [0.29, 0.717) is 23.3 Å². The molecule has 4 rings (SSSR count). The van der Waals surface area contributed by atoms with Crippen molar-refractivity contribution >= 4 is 17.1 Å². The van der Waals surface area contributed by atoms with Gasteiger partial charge in [-0.05, 0) is 24.1 Å². The third-order valence-corrected chi connectivity index (χ3v) is 4.29. The predicted octanol–water partition coefficient (Wildman–Crippen LogP) is 3.83. The number of aromatic carboxylic acids is 1. The van der Waals surface area contributed by atoms with E-state index in [4.69, 9.17) is 4.42 Å². The van der Waals surface area contributed by atoms with Gasteiger partial charge in [-0.15, -0.1) is 0 Å². The summed E-state index contributed by atoms with van der Waals surface area (Å²) >= 11 is 0. The van der Waals surface area contributed by atoms with Gasteiger partial charge < -0.3 is 9.52 Å². The van der Waals surface area contributed by atoms with Crippen LogP contribution < -0.4 is 0 Å². The Kier molecular flexibility index (Phi) is 3.80. The number of aromatic nitrogens is 3. The lowest BCUT2D eigenvalue weighted by Gasteiger charge is -2.06. The van der Waals surface area contributed by atoms with Gasteiger partial charge in [-0.25, -0.2) is 9.78 Å². The highest BCUT2D eigenvalue weighted by molar-refractivity contribution is 5.90. The zero-order valence-electron chi connectivity index (χ0n) is 14.4. The first kappa shape index (κ1) is 16.1. The smallest absolute Gasteiger partial charge is 0.354 e. The van der Waals surface area contributed by atoms with E-state index in [0.717, 1.165) is 22.3 Å². The van der Waals surface area contributed by atoms with Crippen molar-refractivity contribution in [3.63, 3.8) is 0 Å². The van der Waals surface area contributed by atoms with Crippen molar-refractivity contribution in [2.45, 2.75) is 13.3 Å². The van der Waals surface area contributed by atoms with E-state index < -0.39 is 5.97 Å². The van der Waals surface area contributed by atoms with Crippen LogP contribution in [-0.2, 0) is 13.5 Å². The Balaban J connectivity index is 1.69. The van der Waals surface area contributed by atoms with Gasteiger partial charge in [0.2, 0.25) is 0 Å². The number of aryl methyl sites for hydroxylation is 2. The summed E-state index contributed by atoms with van der Waals surface area (Å²) in [6.07, 6.45) is 4.36. The number of furan rings is 1. The van der Waals surface area contributed by atoms with Gasteiger partial charge in [-0.2, -0.15) is 5.10 Å². The SMILES string of the molecule is Cc1cc2nc(C(=O)O)cc(Cc3ccc(-c4cnn(C)c4)cc3)c2o1. The first-order chi connectivity index (χ1) is 12.5. The Labute approximate surface area is 149 Å². The van der Waals surface area contributed by atoms with E-state index in [2.05, 4.69) is 10.1 Å². The maximum absolute atomic E-state index is 11.4. The average molecular weight is 347 g/mol. The molecule has 3 aromatic heterocycles. The van der Waals surface area contributed by atoms with E-state index in [1.807, 2.05) is 50.6 Å². The second-order valence-electron chi connectivity index (χ2n) is 6.32. The lowest BCUT2D eigenvalue weighted by Crippen LogP contribution is -2.02. The summed E-state index contributed by atoms with van der Waals surface area (Å²) in [7, 11) is 1.89. The average Bonchev–Trinajstić information content (AvgIpc) is 3.20. The minimum atomic E-state index is -1.04. The minimum Gasteiger partial charge on any atom is -0.477 e. The van der Waals surface area contributed by atoms with E-state index in [1.54, 1.807) is 16.8 Å². The molecule has 3 heterocycles. The highest BCUT2D eigenvalue weighted by Crippen LogP contribution is 2.26. The van der Waals surface area contributed by atoms with Crippen LogP contribution in [0.3, 0.4) is 0 Å². The van der Waals surface area contributed by atoms with Crippen LogP contribution in [0.4, 0.5) is 0 Å². The molecule has 0 bridgehead atoms. The molecular formula is C20H17N3O3. The molecule has 0 spiro atoms.